The Morgan fingerprint density at radius 1 is 0.626 bits per heavy atom. The van der Waals surface area contributed by atoms with E-state index in [1.165, 1.54) is 13.8 Å². The highest BCUT2D eigenvalue weighted by Gasteiger charge is 2.61. The molecular weight excluding hydrogens is 1400 g/mol. The molecule has 0 aliphatic carbocycles. The van der Waals surface area contributed by atoms with Crippen LogP contribution >= 0.6 is 8.46 Å². The van der Waals surface area contributed by atoms with Gasteiger partial charge in [0.1, 0.15) is 35.8 Å². The van der Waals surface area contributed by atoms with Crippen molar-refractivity contribution in [3.05, 3.63) is 46.2 Å². The lowest BCUT2D eigenvalue weighted by Gasteiger charge is -2.47. The van der Waals surface area contributed by atoms with Gasteiger partial charge in [-0.25, -0.2) is 9.59 Å². The fourth-order valence-electron chi connectivity index (χ4n) is 17.1. The number of carbonyl (C=O) groups is 6. The zero-order chi connectivity index (χ0) is 80.6. The average Bonchev–Trinajstić information content (AvgIpc) is 1.56. The molecule has 26 atom stereocenters. The molecule has 107 heavy (non-hydrogen) atoms. The standard InChI is InChI=1S/C37H63N6O9P.C37H64N6O9.CH4O/c1-12-16-37(48-11)20-22(3)21-39-26(7)31-36(8,52-35(46)43(31)18-15-14-17-40-41-38)28(13-2)50-33(45)25(6)29(44)24(5)32(37)51-34-30(53-47)27(42(9)10)19-23(4)49-34;1-12-16-37(48-11)20-22(3)21-39-26(7)31-36(8,52-35(47)43(31)18-15-14-17-40-41-38)28(13-2)50-33(46)25(6)29(44)24(5)32(37)51-34-30(45)27(42(9)10)19-23(4)49-34;1-2/h12,22-28,30-32,34,39H,1,13-21H2,2-11H3;12,22-28,30-32,34,39,45H,1,13-21H2,2-11H3;2H,1H3/t2*22-,23?,24-,25-,26-,27?,28-,30?,31-,32-,34+,36-,37-;/m11./s1. The van der Waals surface area contributed by atoms with E-state index < -0.39 is 143 Å². The van der Waals surface area contributed by atoms with Gasteiger partial charge in [-0.15, -0.1) is 13.2 Å². The minimum atomic E-state index is -1.24. The summed E-state index contributed by atoms with van der Waals surface area (Å²) in [4.78, 5) is 96.7. The summed E-state index contributed by atoms with van der Waals surface area (Å²) in [6.07, 6.45) is 1.08. The van der Waals surface area contributed by atoms with Crippen molar-refractivity contribution in [2.45, 2.75) is 294 Å². The molecule has 0 saturated carbocycles. The molecule has 6 fully saturated rings. The molecule has 0 spiro atoms. The fourth-order valence-corrected chi connectivity index (χ4v) is 17.9. The van der Waals surface area contributed by atoms with Crippen molar-refractivity contribution < 1.29 is 90.9 Å². The van der Waals surface area contributed by atoms with E-state index >= 15 is 0 Å². The summed E-state index contributed by atoms with van der Waals surface area (Å²) in [5.74, 6) is -6.60. The van der Waals surface area contributed by atoms with Crippen molar-refractivity contribution in [3.63, 3.8) is 0 Å². The van der Waals surface area contributed by atoms with E-state index in [4.69, 9.17) is 63.5 Å². The normalized spacial score (nSPS) is 38.6. The van der Waals surface area contributed by atoms with Gasteiger partial charge in [-0.05, 0) is 197 Å². The molecule has 0 aromatic rings. The number of rotatable bonds is 25. The minimum absolute atomic E-state index is 0.0506. The number of hydrogen-bond acceptors (Lipinski definition) is 25. The van der Waals surface area contributed by atoms with Crippen LogP contribution in [-0.2, 0) is 71.1 Å². The fraction of sp³-hybridized carbons (Fsp3) is 0.867. The van der Waals surface area contributed by atoms with E-state index in [1.807, 2.05) is 79.5 Å². The van der Waals surface area contributed by atoms with Gasteiger partial charge in [-0.3, -0.25) is 33.5 Å². The Labute approximate surface area is 637 Å². The van der Waals surface area contributed by atoms with Gasteiger partial charge in [-0.1, -0.05) is 63.9 Å². The Bertz CT molecular complexity index is 3010. The maximum absolute atomic E-state index is 14.5. The van der Waals surface area contributed by atoms with Gasteiger partial charge in [0.2, 0.25) is 0 Å². The van der Waals surface area contributed by atoms with Crippen LogP contribution in [0.1, 0.15) is 174 Å². The van der Waals surface area contributed by atoms with Gasteiger partial charge in [-0.2, -0.15) is 0 Å². The third kappa shape index (κ3) is 22.9. The lowest BCUT2D eigenvalue weighted by Crippen LogP contribution is -2.61. The largest absolute Gasteiger partial charge is 0.458 e. The monoisotopic (exact) mass is 1530 g/mol. The highest BCUT2D eigenvalue weighted by Crippen LogP contribution is 2.45. The van der Waals surface area contributed by atoms with Crippen LogP contribution < -0.4 is 10.6 Å². The zero-order valence-corrected chi connectivity index (χ0v) is 68.6. The number of unbranched alkanes of at least 4 members (excludes halogenated alkanes) is 2. The van der Waals surface area contributed by atoms with Crippen molar-refractivity contribution in [3.8, 4) is 0 Å². The number of aliphatic hydroxyl groups excluding tert-OH is 2. The maximum atomic E-state index is 14.5. The Hall–Kier alpha value is -5.46. The Morgan fingerprint density at radius 2 is 1.00 bits per heavy atom. The van der Waals surface area contributed by atoms with Crippen LogP contribution in [0.3, 0.4) is 0 Å². The van der Waals surface area contributed by atoms with E-state index in [0.717, 1.165) is 7.11 Å². The number of esters is 2. The Balaban J connectivity index is 0.000000442. The van der Waals surface area contributed by atoms with Crippen LogP contribution in [0.25, 0.3) is 20.9 Å². The molecule has 0 bridgehead atoms. The molecule has 6 aliphatic rings. The number of ether oxygens (including phenoxy) is 10. The number of cyclic esters (lactones) is 2. The minimum Gasteiger partial charge on any atom is -0.458 e. The topological polar surface area (TPSA) is 387 Å². The number of fused-ring (bicyclic) bond motifs is 2. The van der Waals surface area contributed by atoms with Crippen molar-refractivity contribution in [2.24, 2.45) is 45.7 Å². The molecule has 4 N–H and O–H groups in total. The molecule has 0 aromatic carbocycles. The number of hydrogen-bond donors (Lipinski definition) is 4. The van der Waals surface area contributed by atoms with E-state index in [-0.39, 0.29) is 56.7 Å². The first kappa shape index (κ1) is 93.9. The molecule has 0 aromatic heterocycles. The Kier molecular flexibility index (Phi) is 38.1. The van der Waals surface area contributed by atoms with Gasteiger partial charge in [0, 0.05) is 93.3 Å². The van der Waals surface area contributed by atoms with Crippen LogP contribution in [0.5, 0.6) is 0 Å². The van der Waals surface area contributed by atoms with Crippen molar-refractivity contribution >= 4 is 44.2 Å². The molecule has 6 saturated heterocycles. The summed E-state index contributed by atoms with van der Waals surface area (Å²) in [5.41, 5.74) is 12.1. The first-order chi connectivity index (χ1) is 50.6. The summed E-state index contributed by atoms with van der Waals surface area (Å²) >= 11 is 0. The van der Waals surface area contributed by atoms with Gasteiger partial charge < -0.3 is 78.0 Å². The molecule has 610 valence electrons. The molecule has 6 rings (SSSR count). The number of nitrogens with zero attached hydrogens (tertiary/aromatic N) is 10. The number of nitrogens with one attached hydrogen (secondary N) is 2. The Morgan fingerprint density at radius 3 is 1.35 bits per heavy atom. The molecule has 2 amide bonds. The molecule has 6 heterocycles. The third-order valence-corrected chi connectivity index (χ3v) is 23.6. The SMILES string of the molecule is C=CC[C@@]1(OC)C[C@@H](C)CN[C@H](C)[C@H]2N(CCCCN=[N+]=[N-])C(=O)O[C@]2(C)[C@@H](CC)OC(=O)[C@H](C)C(=O)[C@@H](C)[C@H]1O[C@@H]1OC(C)CC(N(C)C)C1O.C=CC[C@@]1(OC)C[C@@H](C)CN[C@H](C)[C@H]2N(CCCCN=[N+]=[N-])C(=O)O[C@]2(C)[C@@H](CC)OC(=O)[C@H](C)C(=O)[C@@H](C)[C@H]1O[C@@H]1OC(C)CC(N(C)C)C1P=O.CO. The van der Waals surface area contributed by atoms with Crippen LogP contribution in [0.4, 0.5) is 9.59 Å². The summed E-state index contributed by atoms with van der Waals surface area (Å²) in [7, 11) is 11.7. The number of aliphatic hydroxyl groups is 2. The summed E-state index contributed by atoms with van der Waals surface area (Å²) in [5, 5.41) is 33.0. The highest BCUT2D eigenvalue weighted by atomic mass is 31.1. The van der Waals surface area contributed by atoms with Gasteiger partial charge in [0.25, 0.3) is 0 Å². The highest BCUT2D eigenvalue weighted by molar-refractivity contribution is 7.25. The molecule has 6 unspecified atom stereocenters. The van der Waals surface area contributed by atoms with E-state index in [2.05, 4.69) is 57.7 Å². The van der Waals surface area contributed by atoms with Crippen LogP contribution in [0.15, 0.2) is 35.5 Å². The number of Topliss-reactive ketones (excluding diaryl/α,β-unsaturated/α-hetero) is 2. The number of amides is 2. The maximum Gasteiger partial charge on any atom is 0.410 e. The second-order valence-electron chi connectivity index (χ2n) is 31.1. The summed E-state index contributed by atoms with van der Waals surface area (Å²) in [6.45, 7) is 36.1. The average molecular weight is 1540 g/mol. The van der Waals surface area contributed by atoms with E-state index in [9.17, 15) is 38.4 Å². The zero-order valence-electron chi connectivity index (χ0n) is 67.8. The first-order valence-corrected chi connectivity index (χ1v) is 39.1. The summed E-state index contributed by atoms with van der Waals surface area (Å²) in [6, 6.07) is -2.06. The summed E-state index contributed by atoms with van der Waals surface area (Å²) < 4.78 is 76.0. The number of methoxy groups -OCH3 is 2. The van der Waals surface area contributed by atoms with Gasteiger partial charge in [0.15, 0.2) is 43.8 Å². The molecule has 6 aliphatic heterocycles. The van der Waals surface area contributed by atoms with E-state index in [1.54, 1.807) is 63.9 Å². The second-order valence-corrected chi connectivity index (χ2v) is 31.9. The predicted octanol–water partition coefficient (Wildman–Crippen LogP) is 10.1. The van der Waals surface area contributed by atoms with Crippen molar-refractivity contribution in [2.75, 3.05) is 88.8 Å². The number of likely N-dealkylation sites (N-methyl/N-ethyl adjacent to an activating group) is 1. The van der Waals surface area contributed by atoms with Crippen LogP contribution in [0, 0.1) is 35.5 Å². The quantitative estimate of drug-likeness (QED) is 0.00759. The number of carbonyl (C=O) groups excluding carboxylic acids is 6. The smallest absolute Gasteiger partial charge is 0.410 e. The molecular formula is C75H131N12O19P. The van der Waals surface area contributed by atoms with Crippen LogP contribution in [0.2, 0.25) is 0 Å². The number of ketones is 2. The molecule has 32 heteroatoms. The second kappa shape index (κ2) is 43.4. The van der Waals surface area contributed by atoms with Gasteiger partial charge >= 0.3 is 24.1 Å². The van der Waals surface area contributed by atoms with Crippen molar-refractivity contribution in [1.82, 2.24) is 30.2 Å². The lowest BCUT2D eigenvalue weighted by atomic mass is 9.75. The van der Waals surface area contributed by atoms with Crippen LogP contribution in [-0.4, -0.2) is 274 Å². The van der Waals surface area contributed by atoms with Gasteiger partial charge in [0.05, 0.1) is 47.7 Å². The third-order valence-electron chi connectivity index (χ3n) is 22.8. The van der Waals surface area contributed by atoms with Crippen molar-refractivity contribution in [1.29, 1.82) is 0 Å². The lowest BCUT2D eigenvalue weighted by molar-refractivity contribution is -0.297. The molecule has 31 nitrogen and oxygen atoms in total. The first-order valence-electron chi connectivity index (χ1n) is 38.2. The number of azide groups is 2. The molecule has 0 radical (unpaired) electrons. The van der Waals surface area contributed by atoms with E-state index in [0.29, 0.717) is 116 Å². The predicted molar refractivity (Wildman–Crippen MR) is 404 cm³/mol.